The number of amides is 1. The molecule has 2 aliphatic heterocycles. The van der Waals surface area contributed by atoms with Gasteiger partial charge < -0.3 is 19.4 Å². The molecule has 0 spiro atoms. The van der Waals surface area contributed by atoms with Crippen LogP contribution in [-0.2, 0) is 9.53 Å². The molecule has 0 bridgehead atoms. The summed E-state index contributed by atoms with van der Waals surface area (Å²) in [6, 6.07) is 2.07. The molecule has 0 aromatic carbocycles. The Kier molecular flexibility index (Phi) is 5.18. The molecule has 7 heteroatoms. The molecule has 24 heavy (non-hydrogen) atoms. The third kappa shape index (κ3) is 3.77. The molecule has 0 atom stereocenters. The van der Waals surface area contributed by atoms with Crippen molar-refractivity contribution in [3.05, 3.63) is 11.9 Å². The lowest BCUT2D eigenvalue weighted by Gasteiger charge is -2.36. The Balaban J connectivity index is 1.69. The van der Waals surface area contributed by atoms with Gasteiger partial charge in [0.05, 0.1) is 13.2 Å². The van der Waals surface area contributed by atoms with Crippen molar-refractivity contribution in [1.82, 2.24) is 14.9 Å². The van der Waals surface area contributed by atoms with Crippen LogP contribution < -0.4 is 9.80 Å². The van der Waals surface area contributed by atoms with Crippen LogP contribution in [0.1, 0.15) is 19.7 Å². The minimum atomic E-state index is 0.0609. The molecule has 0 aliphatic carbocycles. The zero-order valence-corrected chi connectivity index (χ0v) is 14.9. The summed E-state index contributed by atoms with van der Waals surface area (Å²) in [4.78, 5) is 27.8. The highest BCUT2D eigenvalue weighted by Gasteiger charge is 2.24. The number of carbonyl (C=O) groups excluding carboxylic acids is 1. The van der Waals surface area contributed by atoms with E-state index in [0.717, 1.165) is 69.9 Å². The van der Waals surface area contributed by atoms with Crippen molar-refractivity contribution in [2.75, 3.05) is 62.3 Å². The maximum Gasteiger partial charge on any atom is 0.225 e. The van der Waals surface area contributed by atoms with Gasteiger partial charge in [0.25, 0.3) is 0 Å². The SMILES string of the molecule is Cc1nc(N2CCOCC2)cc(N2CCN(C(=O)C(C)C)CC2)n1. The van der Waals surface area contributed by atoms with E-state index in [4.69, 9.17) is 4.74 Å². The number of ether oxygens (including phenoxy) is 1. The third-order valence-corrected chi connectivity index (χ3v) is 4.56. The predicted molar refractivity (Wildman–Crippen MR) is 93.4 cm³/mol. The molecule has 132 valence electrons. The average Bonchev–Trinajstić information content (AvgIpc) is 2.61. The van der Waals surface area contributed by atoms with Crippen LogP contribution in [0.5, 0.6) is 0 Å². The number of piperazine rings is 1. The fraction of sp³-hybridized carbons (Fsp3) is 0.706. The zero-order valence-electron chi connectivity index (χ0n) is 14.9. The molecule has 0 N–H and O–H groups in total. The van der Waals surface area contributed by atoms with Gasteiger partial charge in [-0.05, 0) is 6.92 Å². The monoisotopic (exact) mass is 333 g/mol. The zero-order chi connectivity index (χ0) is 17.1. The number of nitrogens with zero attached hydrogens (tertiary/aromatic N) is 5. The second-order valence-electron chi connectivity index (χ2n) is 6.70. The van der Waals surface area contributed by atoms with E-state index < -0.39 is 0 Å². The molecule has 1 aromatic heterocycles. The standard InChI is InChI=1S/C17H27N5O2/c1-13(2)17(23)22-6-4-20(5-7-22)15-12-16(19-14(3)18-15)21-8-10-24-11-9-21/h12-13H,4-11H2,1-3H3. The van der Waals surface area contributed by atoms with Gasteiger partial charge in [-0.3, -0.25) is 4.79 Å². The summed E-state index contributed by atoms with van der Waals surface area (Å²) in [5.74, 6) is 3.02. The normalized spacial score (nSPS) is 19.1. The van der Waals surface area contributed by atoms with Gasteiger partial charge >= 0.3 is 0 Å². The molecule has 2 fully saturated rings. The molecule has 2 aliphatic rings. The van der Waals surface area contributed by atoms with Crippen molar-refractivity contribution in [2.24, 2.45) is 5.92 Å². The molecular formula is C17H27N5O2. The number of aryl methyl sites for hydroxylation is 1. The van der Waals surface area contributed by atoms with Gasteiger partial charge in [-0.25, -0.2) is 9.97 Å². The topological polar surface area (TPSA) is 61.8 Å². The third-order valence-electron chi connectivity index (χ3n) is 4.56. The van der Waals surface area contributed by atoms with Gasteiger partial charge in [0.1, 0.15) is 17.5 Å². The molecular weight excluding hydrogens is 306 g/mol. The lowest BCUT2D eigenvalue weighted by molar-refractivity contribution is -0.134. The van der Waals surface area contributed by atoms with E-state index in [9.17, 15) is 4.79 Å². The van der Waals surface area contributed by atoms with Crippen LogP contribution in [0.15, 0.2) is 6.07 Å². The van der Waals surface area contributed by atoms with Crippen molar-refractivity contribution < 1.29 is 9.53 Å². The van der Waals surface area contributed by atoms with Gasteiger partial charge in [-0.15, -0.1) is 0 Å². The molecule has 0 unspecified atom stereocenters. The smallest absolute Gasteiger partial charge is 0.225 e. The summed E-state index contributed by atoms with van der Waals surface area (Å²) >= 11 is 0. The minimum absolute atomic E-state index is 0.0609. The molecule has 3 heterocycles. The Morgan fingerprint density at radius 2 is 1.54 bits per heavy atom. The van der Waals surface area contributed by atoms with Crippen molar-refractivity contribution in [2.45, 2.75) is 20.8 Å². The largest absolute Gasteiger partial charge is 0.378 e. The van der Waals surface area contributed by atoms with Crippen LogP contribution in [0.4, 0.5) is 11.6 Å². The van der Waals surface area contributed by atoms with Crippen LogP contribution in [-0.4, -0.2) is 73.3 Å². The maximum atomic E-state index is 12.1. The van der Waals surface area contributed by atoms with Gasteiger partial charge in [-0.2, -0.15) is 0 Å². The number of anilines is 2. The minimum Gasteiger partial charge on any atom is -0.378 e. The van der Waals surface area contributed by atoms with Crippen LogP contribution >= 0.6 is 0 Å². The highest BCUT2D eigenvalue weighted by Crippen LogP contribution is 2.21. The second kappa shape index (κ2) is 7.34. The van der Waals surface area contributed by atoms with Crippen molar-refractivity contribution in [1.29, 1.82) is 0 Å². The summed E-state index contributed by atoms with van der Waals surface area (Å²) in [6.07, 6.45) is 0. The molecule has 1 aromatic rings. The lowest BCUT2D eigenvalue weighted by Crippen LogP contribution is -2.50. The van der Waals surface area contributed by atoms with E-state index in [1.165, 1.54) is 0 Å². The first kappa shape index (κ1) is 17.0. The number of rotatable bonds is 3. The van der Waals surface area contributed by atoms with E-state index in [1.807, 2.05) is 25.7 Å². The van der Waals surface area contributed by atoms with E-state index in [2.05, 4.69) is 25.8 Å². The van der Waals surface area contributed by atoms with Crippen LogP contribution in [0, 0.1) is 12.8 Å². The number of hydrogen-bond acceptors (Lipinski definition) is 6. The predicted octanol–water partition coefficient (Wildman–Crippen LogP) is 0.926. The van der Waals surface area contributed by atoms with E-state index in [-0.39, 0.29) is 11.8 Å². The van der Waals surface area contributed by atoms with Gasteiger partial charge in [-0.1, -0.05) is 13.8 Å². The summed E-state index contributed by atoms with van der Waals surface area (Å²) in [5, 5.41) is 0. The Morgan fingerprint density at radius 3 is 2.08 bits per heavy atom. The molecule has 3 rings (SSSR count). The first-order chi connectivity index (χ1) is 11.5. The highest BCUT2D eigenvalue weighted by molar-refractivity contribution is 5.78. The molecule has 7 nitrogen and oxygen atoms in total. The lowest BCUT2D eigenvalue weighted by atomic mass is 10.1. The average molecular weight is 333 g/mol. The molecule has 2 saturated heterocycles. The quantitative estimate of drug-likeness (QED) is 0.820. The van der Waals surface area contributed by atoms with Gasteiger partial charge in [0.15, 0.2) is 0 Å². The van der Waals surface area contributed by atoms with Crippen LogP contribution in [0.3, 0.4) is 0 Å². The molecule has 0 saturated carbocycles. The maximum absolute atomic E-state index is 12.1. The summed E-state index contributed by atoms with van der Waals surface area (Å²) in [6.45, 7) is 12.2. The Morgan fingerprint density at radius 1 is 1.00 bits per heavy atom. The first-order valence-electron chi connectivity index (χ1n) is 8.76. The Labute approximate surface area is 143 Å². The summed E-state index contributed by atoms with van der Waals surface area (Å²) in [5.41, 5.74) is 0. The number of hydrogen-bond donors (Lipinski definition) is 0. The number of morpholine rings is 1. The summed E-state index contributed by atoms with van der Waals surface area (Å²) < 4.78 is 5.42. The van der Waals surface area contributed by atoms with Crippen molar-refractivity contribution in [3.63, 3.8) is 0 Å². The van der Waals surface area contributed by atoms with Crippen molar-refractivity contribution in [3.8, 4) is 0 Å². The van der Waals surface area contributed by atoms with E-state index in [0.29, 0.717) is 0 Å². The molecule has 1 amide bonds. The summed E-state index contributed by atoms with van der Waals surface area (Å²) in [7, 11) is 0. The molecule has 0 radical (unpaired) electrons. The Hall–Kier alpha value is -1.89. The van der Waals surface area contributed by atoms with Gasteiger partial charge in [0.2, 0.25) is 5.91 Å². The highest BCUT2D eigenvalue weighted by atomic mass is 16.5. The Bertz CT molecular complexity index is 578. The van der Waals surface area contributed by atoms with Crippen LogP contribution in [0.25, 0.3) is 0 Å². The van der Waals surface area contributed by atoms with E-state index >= 15 is 0 Å². The van der Waals surface area contributed by atoms with Crippen LogP contribution in [0.2, 0.25) is 0 Å². The van der Waals surface area contributed by atoms with Crippen molar-refractivity contribution >= 4 is 17.5 Å². The number of carbonyl (C=O) groups is 1. The van der Waals surface area contributed by atoms with Gasteiger partial charge in [0, 0.05) is 51.3 Å². The number of aromatic nitrogens is 2. The van der Waals surface area contributed by atoms with E-state index in [1.54, 1.807) is 0 Å². The second-order valence-corrected chi connectivity index (χ2v) is 6.70. The fourth-order valence-electron chi connectivity index (χ4n) is 3.17. The first-order valence-corrected chi connectivity index (χ1v) is 8.76. The fourth-order valence-corrected chi connectivity index (χ4v) is 3.17.